The molecule has 1 fully saturated rings. The van der Waals surface area contributed by atoms with Gasteiger partial charge in [-0.15, -0.1) is 0 Å². The van der Waals surface area contributed by atoms with Gasteiger partial charge in [-0.1, -0.05) is 12.8 Å². The summed E-state index contributed by atoms with van der Waals surface area (Å²) in [5.41, 5.74) is -0.245. The second-order valence-electron chi connectivity index (χ2n) is 4.63. The minimum Gasteiger partial charge on any atom is -0.480 e. The Hall–Kier alpha value is -1.85. The Morgan fingerprint density at radius 3 is 2.83 bits per heavy atom. The summed E-state index contributed by atoms with van der Waals surface area (Å²) in [5, 5.41) is 8.99. The van der Waals surface area contributed by atoms with E-state index in [1.165, 1.54) is 10.8 Å². The van der Waals surface area contributed by atoms with E-state index in [-0.39, 0.29) is 24.0 Å². The number of anilines is 1. The van der Waals surface area contributed by atoms with Gasteiger partial charge in [-0.05, 0) is 12.8 Å². The average molecular weight is 251 g/mol. The molecular weight excluding hydrogens is 234 g/mol. The predicted molar refractivity (Wildman–Crippen MR) is 66.7 cm³/mol. The van der Waals surface area contributed by atoms with Gasteiger partial charge in [0.1, 0.15) is 6.54 Å². The average Bonchev–Trinajstić information content (AvgIpc) is 2.83. The van der Waals surface area contributed by atoms with Crippen molar-refractivity contribution in [3.63, 3.8) is 0 Å². The molecule has 1 aromatic heterocycles. The summed E-state index contributed by atoms with van der Waals surface area (Å²) in [6.45, 7) is -0.170. The first-order valence-corrected chi connectivity index (χ1v) is 6.09. The zero-order valence-electron chi connectivity index (χ0n) is 10.4. The van der Waals surface area contributed by atoms with Crippen LogP contribution < -0.4 is 10.5 Å². The van der Waals surface area contributed by atoms with Crippen LogP contribution >= 0.6 is 0 Å². The molecule has 0 atom stereocenters. The highest BCUT2D eigenvalue weighted by atomic mass is 16.4. The quantitative estimate of drug-likeness (QED) is 0.848. The highest BCUT2D eigenvalue weighted by molar-refractivity contribution is 5.73. The van der Waals surface area contributed by atoms with Crippen LogP contribution in [0.15, 0.2) is 17.2 Å². The van der Waals surface area contributed by atoms with Gasteiger partial charge in [0.05, 0.1) is 0 Å². The van der Waals surface area contributed by atoms with Crippen molar-refractivity contribution >= 4 is 11.8 Å². The molecule has 0 spiro atoms. The maximum absolute atomic E-state index is 12.0. The molecule has 0 bridgehead atoms. The van der Waals surface area contributed by atoms with Crippen LogP contribution in [-0.2, 0) is 11.8 Å². The predicted octanol–water partition coefficient (Wildman–Crippen LogP) is 0.614. The van der Waals surface area contributed by atoms with Gasteiger partial charge in [-0.2, -0.15) is 0 Å². The second kappa shape index (κ2) is 5.20. The highest BCUT2D eigenvalue weighted by Crippen LogP contribution is 2.25. The van der Waals surface area contributed by atoms with E-state index in [1.54, 1.807) is 18.1 Å². The van der Waals surface area contributed by atoms with Crippen molar-refractivity contribution in [2.24, 2.45) is 7.05 Å². The second-order valence-corrected chi connectivity index (χ2v) is 4.63. The van der Waals surface area contributed by atoms with Crippen molar-refractivity contribution in [3.8, 4) is 0 Å². The molecule has 0 aromatic carbocycles. The summed E-state index contributed by atoms with van der Waals surface area (Å²) in [4.78, 5) is 28.7. The Kier molecular flexibility index (Phi) is 3.64. The van der Waals surface area contributed by atoms with Crippen molar-refractivity contribution < 1.29 is 9.90 Å². The van der Waals surface area contributed by atoms with Crippen molar-refractivity contribution in [3.05, 3.63) is 22.7 Å². The Bertz CT molecular complexity index is 492. The lowest BCUT2D eigenvalue weighted by molar-refractivity contribution is -0.135. The van der Waals surface area contributed by atoms with Gasteiger partial charge in [0, 0.05) is 25.5 Å². The van der Waals surface area contributed by atoms with Gasteiger partial charge in [-0.25, -0.2) is 4.98 Å². The zero-order chi connectivity index (χ0) is 13.1. The van der Waals surface area contributed by atoms with Crippen molar-refractivity contribution in [1.82, 2.24) is 9.55 Å². The summed E-state index contributed by atoms with van der Waals surface area (Å²) >= 11 is 0. The van der Waals surface area contributed by atoms with Gasteiger partial charge in [-0.3, -0.25) is 9.59 Å². The van der Waals surface area contributed by atoms with Crippen molar-refractivity contribution in [2.75, 3.05) is 11.4 Å². The van der Waals surface area contributed by atoms with Crippen LogP contribution in [0.5, 0.6) is 0 Å². The van der Waals surface area contributed by atoms with Gasteiger partial charge in [0.25, 0.3) is 5.56 Å². The first kappa shape index (κ1) is 12.6. The number of nitrogens with zero attached hydrogens (tertiary/aromatic N) is 3. The largest absolute Gasteiger partial charge is 0.480 e. The number of aliphatic carboxylic acids is 1. The number of carboxylic acids is 1. The zero-order valence-corrected chi connectivity index (χ0v) is 10.4. The molecule has 0 saturated heterocycles. The summed E-state index contributed by atoms with van der Waals surface area (Å²) in [6, 6.07) is 0.115. The maximum Gasteiger partial charge on any atom is 0.323 e. The molecule has 0 amide bonds. The molecule has 98 valence electrons. The highest BCUT2D eigenvalue weighted by Gasteiger charge is 2.27. The minimum absolute atomic E-state index is 0.115. The monoisotopic (exact) mass is 251 g/mol. The van der Waals surface area contributed by atoms with E-state index < -0.39 is 5.97 Å². The number of hydrogen-bond donors (Lipinski definition) is 1. The van der Waals surface area contributed by atoms with Crippen LogP contribution in [-0.4, -0.2) is 33.2 Å². The van der Waals surface area contributed by atoms with Crippen molar-refractivity contribution in [1.29, 1.82) is 0 Å². The molecule has 0 radical (unpaired) electrons. The molecule has 6 nitrogen and oxygen atoms in total. The molecule has 1 aliphatic rings. The number of aryl methyl sites for hydroxylation is 1. The molecule has 1 heterocycles. The number of aromatic nitrogens is 2. The molecule has 1 aromatic rings. The summed E-state index contributed by atoms with van der Waals surface area (Å²) in [7, 11) is 1.64. The molecule has 6 heteroatoms. The van der Waals surface area contributed by atoms with Crippen molar-refractivity contribution in [2.45, 2.75) is 31.7 Å². The maximum atomic E-state index is 12.0. The molecule has 1 aliphatic carbocycles. The van der Waals surface area contributed by atoms with Gasteiger partial charge < -0.3 is 14.6 Å². The summed E-state index contributed by atoms with van der Waals surface area (Å²) in [5.74, 6) is -0.691. The van der Waals surface area contributed by atoms with Gasteiger partial charge in [0.15, 0.2) is 5.82 Å². The SMILES string of the molecule is Cn1ccnc(N(CC(=O)O)C2CCCC2)c1=O. The first-order valence-electron chi connectivity index (χ1n) is 6.09. The fourth-order valence-electron chi connectivity index (χ4n) is 2.42. The number of carbonyl (C=O) groups is 1. The Morgan fingerprint density at radius 2 is 2.22 bits per heavy atom. The number of rotatable bonds is 4. The standard InChI is InChI=1S/C12H17N3O3/c1-14-7-6-13-11(12(14)18)15(8-10(16)17)9-4-2-3-5-9/h6-7,9H,2-5,8H2,1H3,(H,16,17). The normalized spacial score (nSPS) is 15.8. The lowest BCUT2D eigenvalue weighted by atomic mass is 10.2. The number of carboxylic acid groups (broad SMARTS) is 1. The van der Waals surface area contributed by atoms with Gasteiger partial charge >= 0.3 is 5.97 Å². The molecule has 0 aliphatic heterocycles. The molecule has 1 N–H and O–H groups in total. The minimum atomic E-state index is -0.936. The van der Waals surface area contributed by atoms with E-state index in [4.69, 9.17) is 5.11 Å². The van der Waals surface area contributed by atoms with Crippen LogP contribution in [0, 0.1) is 0 Å². The van der Waals surface area contributed by atoms with Crippen LogP contribution in [0.3, 0.4) is 0 Å². The Balaban J connectivity index is 2.35. The molecule has 1 saturated carbocycles. The molecule has 0 unspecified atom stereocenters. The molecular formula is C12H17N3O3. The van der Waals surface area contributed by atoms with Crippen LogP contribution in [0.2, 0.25) is 0 Å². The third-order valence-electron chi connectivity index (χ3n) is 3.34. The Labute approximate surface area is 105 Å². The van der Waals surface area contributed by atoms with E-state index in [0.29, 0.717) is 0 Å². The van der Waals surface area contributed by atoms with E-state index in [0.717, 1.165) is 25.7 Å². The fraction of sp³-hybridized carbons (Fsp3) is 0.583. The van der Waals surface area contributed by atoms with E-state index in [9.17, 15) is 9.59 Å². The van der Waals surface area contributed by atoms with E-state index in [1.807, 2.05) is 0 Å². The fourth-order valence-corrected chi connectivity index (χ4v) is 2.42. The third kappa shape index (κ3) is 2.52. The summed E-state index contributed by atoms with van der Waals surface area (Å²) in [6.07, 6.45) is 7.10. The van der Waals surface area contributed by atoms with Crippen LogP contribution in [0.4, 0.5) is 5.82 Å². The Morgan fingerprint density at radius 1 is 1.56 bits per heavy atom. The van der Waals surface area contributed by atoms with Crippen LogP contribution in [0.1, 0.15) is 25.7 Å². The molecule has 18 heavy (non-hydrogen) atoms. The lowest BCUT2D eigenvalue weighted by Crippen LogP contribution is -2.42. The third-order valence-corrected chi connectivity index (χ3v) is 3.34. The summed E-state index contributed by atoms with van der Waals surface area (Å²) < 4.78 is 1.42. The van der Waals surface area contributed by atoms with E-state index >= 15 is 0 Å². The first-order chi connectivity index (χ1) is 8.59. The lowest BCUT2D eigenvalue weighted by Gasteiger charge is -2.27. The van der Waals surface area contributed by atoms with Crippen LogP contribution in [0.25, 0.3) is 0 Å². The topological polar surface area (TPSA) is 75.4 Å². The smallest absolute Gasteiger partial charge is 0.323 e. The van der Waals surface area contributed by atoms with Gasteiger partial charge in [0.2, 0.25) is 0 Å². The molecule has 2 rings (SSSR count). The number of hydrogen-bond acceptors (Lipinski definition) is 4. The van der Waals surface area contributed by atoms with E-state index in [2.05, 4.69) is 4.98 Å².